The lowest BCUT2D eigenvalue weighted by Crippen LogP contribution is -2.14. The van der Waals surface area contributed by atoms with E-state index in [1.54, 1.807) is 0 Å². The summed E-state index contributed by atoms with van der Waals surface area (Å²) < 4.78 is 5.67. The van der Waals surface area contributed by atoms with E-state index in [-0.39, 0.29) is 17.4 Å². The minimum Gasteiger partial charge on any atom is -0.491 e. The summed E-state index contributed by atoms with van der Waals surface area (Å²) in [5.74, 6) is 0.684. The van der Waals surface area contributed by atoms with Crippen LogP contribution in [0, 0.1) is 0 Å². The van der Waals surface area contributed by atoms with Gasteiger partial charge in [0.05, 0.1) is 11.8 Å². The van der Waals surface area contributed by atoms with Gasteiger partial charge in [0.2, 0.25) is 0 Å². The molecule has 0 radical (unpaired) electrons. The molecule has 0 aliphatic heterocycles. The van der Waals surface area contributed by atoms with Crippen LogP contribution in [0.1, 0.15) is 50.5 Å². The second-order valence-electron chi connectivity index (χ2n) is 8.01. The van der Waals surface area contributed by atoms with Crippen LogP contribution in [0.4, 0.5) is 5.13 Å². The maximum Gasteiger partial charge on any atom is 0.257 e. The van der Waals surface area contributed by atoms with Crippen LogP contribution in [-0.4, -0.2) is 17.0 Å². The van der Waals surface area contributed by atoms with Crippen LogP contribution >= 0.6 is 11.3 Å². The maximum absolute atomic E-state index is 12.5. The number of ether oxygens (including phenoxy) is 1. The van der Waals surface area contributed by atoms with Crippen LogP contribution in [0.15, 0.2) is 53.9 Å². The molecule has 28 heavy (non-hydrogen) atoms. The zero-order valence-electron chi connectivity index (χ0n) is 16.9. The van der Waals surface area contributed by atoms with Crippen LogP contribution in [0.2, 0.25) is 0 Å². The lowest BCUT2D eigenvalue weighted by Gasteiger charge is -2.18. The summed E-state index contributed by atoms with van der Waals surface area (Å²) in [6.45, 7) is 10.5. The number of thiazole rings is 1. The highest BCUT2D eigenvalue weighted by Crippen LogP contribution is 2.27. The lowest BCUT2D eigenvalue weighted by atomic mass is 9.87. The molecule has 0 unspecified atom stereocenters. The van der Waals surface area contributed by atoms with Crippen molar-refractivity contribution in [3.05, 3.63) is 65.0 Å². The minimum atomic E-state index is -0.151. The number of rotatable bonds is 5. The Bertz CT molecular complexity index is 936. The number of nitrogens with one attached hydrogen (secondary N) is 1. The lowest BCUT2D eigenvalue weighted by molar-refractivity contribution is 0.102. The van der Waals surface area contributed by atoms with Crippen molar-refractivity contribution < 1.29 is 9.53 Å². The van der Waals surface area contributed by atoms with Crippen molar-refractivity contribution in [3.63, 3.8) is 0 Å². The number of amides is 1. The van der Waals surface area contributed by atoms with Gasteiger partial charge in [-0.1, -0.05) is 32.9 Å². The fourth-order valence-electron chi connectivity index (χ4n) is 2.73. The van der Waals surface area contributed by atoms with Crippen LogP contribution in [-0.2, 0) is 5.41 Å². The van der Waals surface area contributed by atoms with Crippen LogP contribution < -0.4 is 10.1 Å². The molecule has 1 heterocycles. The van der Waals surface area contributed by atoms with Crippen molar-refractivity contribution in [1.82, 2.24) is 4.98 Å². The highest BCUT2D eigenvalue weighted by molar-refractivity contribution is 7.14. The van der Waals surface area contributed by atoms with E-state index in [1.807, 2.05) is 67.8 Å². The number of carbonyl (C=O) groups is 1. The second-order valence-corrected chi connectivity index (χ2v) is 8.87. The smallest absolute Gasteiger partial charge is 0.257 e. The summed E-state index contributed by atoms with van der Waals surface area (Å²) in [5.41, 5.74) is 3.71. The zero-order chi connectivity index (χ0) is 20.3. The topological polar surface area (TPSA) is 51.2 Å². The van der Waals surface area contributed by atoms with E-state index in [0.717, 1.165) is 17.0 Å². The van der Waals surface area contributed by atoms with Crippen molar-refractivity contribution in [2.24, 2.45) is 0 Å². The van der Waals surface area contributed by atoms with Gasteiger partial charge in [-0.05, 0) is 61.2 Å². The molecule has 3 aromatic rings. The first kappa shape index (κ1) is 20.1. The van der Waals surface area contributed by atoms with Crippen molar-refractivity contribution in [1.29, 1.82) is 0 Å². The normalized spacial score (nSPS) is 11.5. The van der Waals surface area contributed by atoms with Crippen LogP contribution in [0.3, 0.4) is 0 Å². The average molecular weight is 395 g/mol. The van der Waals surface area contributed by atoms with Gasteiger partial charge in [-0.15, -0.1) is 11.3 Å². The van der Waals surface area contributed by atoms with Gasteiger partial charge in [-0.2, -0.15) is 0 Å². The SMILES string of the molecule is CC(C)Oc1ccc(-c2csc(NC(=O)c3ccc(C(C)(C)C)cc3)n2)cc1. The Hall–Kier alpha value is -2.66. The van der Waals surface area contributed by atoms with E-state index >= 15 is 0 Å². The summed E-state index contributed by atoms with van der Waals surface area (Å²) in [6.07, 6.45) is 0.143. The monoisotopic (exact) mass is 394 g/mol. The summed E-state index contributed by atoms with van der Waals surface area (Å²) >= 11 is 1.42. The number of aromatic nitrogens is 1. The highest BCUT2D eigenvalue weighted by Gasteiger charge is 2.15. The largest absolute Gasteiger partial charge is 0.491 e. The van der Waals surface area contributed by atoms with Gasteiger partial charge in [-0.3, -0.25) is 10.1 Å². The molecule has 2 aromatic carbocycles. The summed E-state index contributed by atoms with van der Waals surface area (Å²) in [6, 6.07) is 15.5. The molecule has 0 saturated carbocycles. The van der Waals surface area contributed by atoms with Gasteiger partial charge >= 0.3 is 0 Å². The molecule has 0 atom stereocenters. The van der Waals surface area contributed by atoms with Crippen molar-refractivity contribution in [2.75, 3.05) is 5.32 Å². The van der Waals surface area contributed by atoms with E-state index in [2.05, 4.69) is 31.1 Å². The summed E-state index contributed by atoms with van der Waals surface area (Å²) in [7, 11) is 0. The molecule has 1 amide bonds. The van der Waals surface area contributed by atoms with Gasteiger partial charge in [0.25, 0.3) is 5.91 Å². The van der Waals surface area contributed by atoms with Crippen molar-refractivity contribution >= 4 is 22.4 Å². The van der Waals surface area contributed by atoms with Crippen molar-refractivity contribution in [2.45, 2.75) is 46.1 Å². The first-order valence-electron chi connectivity index (χ1n) is 9.37. The Morgan fingerprint density at radius 3 is 2.25 bits per heavy atom. The Balaban J connectivity index is 1.68. The first-order chi connectivity index (χ1) is 13.2. The number of nitrogens with zero attached hydrogens (tertiary/aromatic N) is 1. The summed E-state index contributed by atoms with van der Waals surface area (Å²) in [5, 5.41) is 5.41. The Morgan fingerprint density at radius 1 is 1.04 bits per heavy atom. The van der Waals surface area contributed by atoms with Crippen molar-refractivity contribution in [3.8, 4) is 17.0 Å². The van der Waals surface area contributed by atoms with E-state index in [4.69, 9.17) is 4.74 Å². The molecule has 5 heteroatoms. The fraction of sp³-hybridized carbons (Fsp3) is 0.304. The molecule has 3 rings (SSSR count). The molecule has 0 saturated heterocycles. The maximum atomic E-state index is 12.5. The number of hydrogen-bond donors (Lipinski definition) is 1. The zero-order valence-corrected chi connectivity index (χ0v) is 17.8. The third kappa shape index (κ3) is 4.98. The molecule has 0 spiro atoms. The van der Waals surface area contributed by atoms with E-state index in [9.17, 15) is 4.79 Å². The molecule has 1 aromatic heterocycles. The van der Waals surface area contributed by atoms with Gasteiger partial charge in [0.1, 0.15) is 5.75 Å². The van der Waals surface area contributed by atoms with Gasteiger partial charge < -0.3 is 4.74 Å². The molecule has 146 valence electrons. The predicted molar refractivity (Wildman–Crippen MR) is 116 cm³/mol. The number of anilines is 1. The molecular weight excluding hydrogens is 368 g/mol. The van der Waals surface area contributed by atoms with E-state index in [0.29, 0.717) is 10.7 Å². The Kier molecular flexibility index (Phi) is 5.84. The number of carbonyl (C=O) groups excluding carboxylic acids is 1. The van der Waals surface area contributed by atoms with Gasteiger partial charge in [0, 0.05) is 16.5 Å². The molecule has 0 aliphatic carbocycles. The van der Waals surface area contributed by atoms with Crippen LogP contribution in [0.5, 0.6) is 5.75 Å². The minimum absolute atomic E-state index is 0.0645. The number of hydrogen-bond acceptors (Lipinski definition) is 4. The molecule has 0 aliphatic rings. The molecular formula is C23H26N2O2S. The summed E-state index contributed by atoms with van der Waals surface area (Å²) in [4.78, 5) is 17.0. The third-order valence-electron chi connectivity index (χ3n) is 4.26. The standard InChI is InChI=1S/C23H26N2O2S/c1-15(2)27-19-12-8-16(9-13-19)20-14-28-22(24-20)25-21(26)17-6-10-18(11-7-17)23(3,4)5/h6-15H,1-5H3,(H,24,25,26). The molecule has 0 fully saturated rings. The molecule has 0 bridgehead atoms. The van der Waals surface area contributed by atoms with E-state index < -0.39 is 0 Å². The molecule has 4 nitrogen and oxygen atoms in total. The second kappa shape index (κ2) is 8.15. The predicted octanol–water partition coefficient (Wildman–Crippen LogP) is 6.15. The van der Waals surface area contributed by atoms with Crippen LogP contribution in [0.25, 0.3) is 11.3 Å². The molecule has 1 N–H and O–H groups in total. The highest BCUT2D eigenvalue weighted by atomic mass is 32.1. The van der Waals surface area contributed by atoms with E-state index in [1.165, 1.54) is 16.9 Å². The van der Waals surface area contributed by atoms with Gasteiger partial charge in [-0.25, -0.2) is 4.98 Å². The quantitative estimate of drug-likeness (QED) is 0.565. The third-order valence-corrected chi connectivity index (χ3v) is 5.02. The average Bonchev–Trinajstić information content (AvgIpc) is 3.09. The first-order valence-corrected chi connectivity index (χ1v) is 10.2. The number of benzene rings is 2. The fourth-order valence-corrected chi connectivity index (χ4v) is 3.45. The Labute approximate surface area is 170 Å². The Morgan fingerprint density at radius 2 is 1.68 bits per heavy atom. The van der Waals surface area contributed by atoms with Gasteiger partial charge in [0.15, 0.2) is 5.13 Å².